The lowest BCUT2D eigenvalue weighted by molar-refractivity contribution is -0.203. The summed E-state index contributed by atoms with van der Waals surface area (Å²) in [5, 5.41) is 13.1. The molecule has 8 atom stereocenters. The second-order valence-corrected chi connectivity index (χ2v) is 13.1. The summed E-state index contributed by atoms with van der Waals surface area (Å²) in [6, 6.07) is 0. The summed E-state index contributed by atoms with van der Waals surface area (Å²) in [6.45, 7) is 6.13. The first-order valence-corrected chi connectivity index (χ1v) is 13.8. The molecule has 3 N–H and O–H groups in total. The van der Waals surface area contributed by atoms with E-state index in [1.54, 1.807) is 6.08 Å². The maximum atomic E-state index is 12.3. The van der Waals surface area contributed by atoms with Crippen molar-refractivity contribution in [3.63, 3.8) is 0 Å². The molecule has 0 unspecified atom stereocenters. The Balaban J connectivity index is 1.34. The van der Waals surface area contributed by atoms with Crippen LogP contribution in [0.25, 0.3) is 0 Å². The van der Waals surface area contributed by atoms with Gasteiger partial charge in [0, 0.05) is 16.7 Å². The average molecular weight is 448 g/mol. The van der Waals surface area contributed by atoms with Crippen LogP contribution in [0.3, 0.4) is 0 Å². The van der Waals surface area contributed by atoms with Gasteiger partial charge in [-0.2, -0.15) is 11.8 Å². The number of hydrogen-bond donors (Lipinski definition) is 2. The third-order valence-corrected chi connectivity index (χ3v) is 12.1. The Morgan fingerprint density at radius 1 is 1.13 bits per heavy atom. The summed E-state index contributed by atoms with van der Waals surface area (Å²) in [5.41, 5.74) is 6.51. The third kappa shape index (κ3) is 3.35. The van der Waals surface area contributed by atoms with E-state index in [9.17, 15) is 9.90 Å². The molecule has 4 fully saturated rings. The molecule has 4 nitrogen and oxygen atoms in total. The lowest BCUT2D eigenvalue weighted by Gasteiger charge is -2.64. The number of carbonyl (C=O) groups is 1. The van der Waals surface area contributed by atoms with E-state index in [0.29, 0.717) is 29.8 Å². The topological polar surface area (TPSA) is 72.6 Å². The molecule has 5 heteroatoms. The Hall–Kier alpha value is -0.520. The number of thioether (sulfide) groups is 1. The summed E-state index contributed by atoms with van der Waals surface area (Å²) in [5.74, 6) is 3.18. The van der Waals surface area contributed by atoms with E-state index in [4.69, 9.17) is 10.5 Å². The molecule has 0 spiro atoms. The predicted octanol–water partition coefficient (Wildman–Crippen LogP) is 4.69. The van der Waals surface area contributed by atoms with Gasteiger partial charge in [0.15, 0.2) is 0 Å². The number of hydrogen-bond acceptors (Lipinski definition) is 5. The van der Waals surface area contributed by atoms with Crippen molar-refractivity contribution in [2.75, 3.05) is 18.9 Å². The van der Waals surface area contributed by atoms with Crippen LogP contribution in [0.1, 0.15) is 78.1 Å². The van der Waals surface area contributed by atoms with E-state index in [-0.39, 0.29) is 11.4 Å². The standard InChI is InChI=1S/C26H41NO3S/c1-24-9-6-19(31-13-3-12-27)15-18(24)4-5-22-21(24)7-10-25(2)20(8-11-26(22,25)29)17-14-23(28)30-16-17/h14,18-22,29H,3-13,15-16,27H2,1-2H3/t18-,19+,20-,21+,22-,24+,25-,26+/m1/s1. The fraction of sp³-hybridized carbons (Fsp3) is 0.885. The first-order chi connectivity index (χ1) is 14.8. The summed E-state index contributed by atoms with van der Waals surface area (Å²) < 4.78 is 5.25. The molecule has 4 saturated carbocycles. The lowest BCUT2D eigenvalue weighted by Crippen LogP contribution is -2.62. The Morgan fingerprint density at radius 3 is 2.71 bits per heavy atom. The van der Waals surface area contributed by atoms with Crippen LogP contribution in [0.15, 0.2) is 11.6 Å². The van der Waals surface area contributed by atoms with Gasteiger partial charge in [-0.3, -0.25) is 0 Å². The molecule has 1 aliphatic heterocycles. The van der Waals surface area contributed by atoms with Gasteiger partial charge in [-0.1, -0.05) is 13.8 Å². The third-order valence-electron chi connectivity index (χ3n) is 10.6. The van der Waals surface area contributed by atoms with E-state index >= 15 is 0 Å². The quantitative estimate of drug-likeness (QED) is 0.472. The van der Waals surface area contributed by atoms with Gasteiger partial charge in [0.2, 0.25) is 0 Å². The highest BCUT2D eigenvalue weighted by Gasteiger charge is 2.67. The summed E-state index contributed by atoms with van der Waals surface area (Å²) >= 11 is 2.16. The van der Waals surface area contributed by atoms with Crippen LogP contribution in [0.2, 0.25) is 0 Å². The Morgan fingerprint density at radius 2 is 1.97 bits per heavy atom. The van der Waals surface area contributed by atoms with Gasteiger partial charge >= 0.3 is 5.97 Å². The highest BCUT2D eigenvalue weighted by molar-refractivity contribution is 7.99. The van der Waals surface area contributed by atoms with E-state index in [1.807, 2.05) is 0 Å². The Kier molecular flexibility index (Phi) is 5.79. The van der Waals surface area contributed by atoms with E-state index in [1.165, 1.54) is 44.3 Å². The number of carbonyl (C=O) groups excluding carboxylic acids is 1. The zero-order valence-electron chi connectivity index (χ0n) is 19.4. The minimum atomic E-state index is -0.590. The molecule has 0 radical (unpaired) electrons. The minimum absolute atomic E-state index is 0.119. The molecule has 4 aliphatic carbocycles. The van der Waals surface area contributed by atoms with Crippen LogP contribution in [-0.2, 0) is 9.53 Å². The van der Waals surface area contributed by atoms with Crippen molar-refractivity contribution in [1.29, 1.82) is 0 Å². The number of nitrogens with two attached hydrogens (primary N) is 1. The summed E-state index contributed by atoms with van der Waals surface area (Å²) in [4.78, 5) is 11.7. The van der Waals surface area contributed by atoms with E-state index < -0.39 is 5.60 Å². The molecule has 0 bridgehead atoms. The molecule has 5 rings (SSSR count). The fourth-order valence-corrected chi connectivity index (χ4v) is 10.2. The van der Waals surface area contributed by atoms with Gasteiger partial charge in [-0.25, -0.2) is 4.79 Å². The zero-order chi connectivity index (χ0) is 21.9. The van der Waals surface area contributed by atoms with E-state index in [2.05, 4.69) is 25.6 Å². The first-order valence-electron chi connectivity index (χ1n) is 12.7. The smallest absolute Gasteiger partial charge is 0.331 e. The van der Waals surface area contributed by atoms with Crippen molar-refractivity contribution in [3.8, 4) is 0 Å². The van der Waals surface area contributed by atoms with Crippen LogP contribution in [0.4, 0.5) is 0 Å². The lowest BCUT2D eigenvalue weighted by atomic mass is 9.43. The van der Waals surface area contributed by atoms with Crippen molar-refractivity contribution >= 4 is 17.7 Å². The predicted molar refractivity (Wildman–Crippen MR) is 126 cm³/mol. The zero-order valence-corrected chi connectivity index (χ0v) is 20.2. The highest BCUT2D eigenvalue weighted by atomic mass is 32.2. The molecule has 0 aromatic carbocycles. The van der Waals surface area contributed by atoms with Gasteiger partial charge in [0.05, 0.1) is 5.60 Å². The molecule has 0 amide bonds. The number of ether oxygens (including phenoxy) is 1. The van der Waals surface area contributed by atoms with Gasteiger partial charge in [0.1, 0.15) is 6.61 Å². The van der Waals surface area contributed by atoms with Crippen molar-refractivity contribution in [2.24, 2.45) is 40.2 Å². The van der Waals surface area contributed by atoms with E-state index in [0.717, 1.165) is 49.0 Å². The Labute approximate surface area is 192 Å². The Bertz CT molecular complexity index is 755. The van der Waals surface area contributed by atoms with Crippen LogP contribution < -0.4 is 5.73 Å². The second-order valence-electron chi connectivity index (χ2n) is 11.7. The summed E-state index contributed by atoms with van der Waals surface area (Å²) in [7, 11) is 0. The fourth-order valence-electron chi connectivity index (χ4n) is 8.86. The number of fused-ring (bicyclic) bond motifs is 5. The minimum Gasteiger partial charge on any atom is -0.458 e. The second kappa shape index (κ2) is 8.06. The molecular formula is C26H41NO3S. The largest absolute Gasteiger partial charge is 0.458 e. The molecule has 0 saturated heterocycles. The normalized spacial score (nSPS) is 49.1. The number of cyclic esters (lactones) is 1. The van der Waals surface area contributed by atoms with Gasteiger partial charge < -0.3 is 15.6 Å². The molecule has 1 heterocycles. The van der Waals surface area contributed by atoms with Crippen molar-refractivity contribution in [3.05, 3.63) is 11.6 Å². The molecule has 174 valence electrons. The van der Waals surface area contributed by atoms with Gasteiger partial charge in [-0.15, -0.1) is 0 Å². The molecular weight excluding hydrogens is 406 g/mol. The average Bonchev–Trinajstić information content (AvgIpc) is 3.28. The maximum Gasteiger partial charge on any atom is 0.331 e. The first kappa shape index (κ1) is 22.3. The van der Waals surface area contributed by atoms with Crippen molar-refractivity contribution in [1.82, 2.24) is 0 Å². The molecule has 0 aromatic heterocycles. The summed E-state index contributed by atoms with van der Waals surface area (Å²) in [6.07, 6.45) is 13.5. The van der Waals surface area contributed by atoms with Crippen molar-refractivity contribution < 1.29 is 14.6 Å². The maximum absolute atomic E-state index is 12.3. The van der Waals surface area contributed by atoms with Gasteiger partial charge in [-0.05, 0) is 111 Å². The molecule has 0 aromatic rings. The van der Waals surface area contributed by atoms with Crippen LogP contribution in [0.5, 0.6) is 0 Å². The SMILES string of the molecule is C[C@]12CC[C@H](SCCCN)C[C@H]1CC[C@@H]1[C@@H]2CC[C@]2(C)[C@@H](C3=CC(=O)OC3)CC[C@]12O. The van der Waals surface area contributed by atoms with Gasteiger partial charge in [0.25, 0.3) is 0 Å². The van der Waals surface area contributed by atoms with Crippen molar-refractivity contribution in [2.45, 2.75) is 88.9 Å². The number of aliphatic hydroxyl groups is 1. The van der Waals surface area contributed by atoms with Crippen LogP contribution >= 0.6 is 11.8 Å². The molecule has 5 aliphatic rings. The van der Waals surface area contributed by atoms with Crippen LogP contribution in [-0.4, -0.2) is 40.8 Å². The molecule has 31 heavy (non-hydrogen) atoms. The van der Waals surface area contributed by atoms with Crippen LogP contribution in [0, 0.1) is 34.5 Å². The highest BCUT2D eigenvalue weighted by Crippen LogP contribution is 2.70. The number of rotatable bonds is 5. The number of esters is 1. The monoisotopic (exact) mass is 447 g/mol.